The van der Waals surface area contributed by atoms with Crippen LogP contribution in [0.4, 0.5) is 0 Å². The van der Waals surface area contributed by atoms with Crippen molar-refractivity contribution in [1.29, 1.82) is 0 Å². The molecule has 94 valence electrons. The smallest absolute Gasteiger partial charge is 0.0406 e. The molecule has 2 atom stereocenters. The molecule has 1 saturated heterocycles. The fraction of sp³-hybridized carbons (Fsp3) is 0.571. The molecule has 3 heteroatoms. The lowest BCUT2D eigenvalue weighted by atomic mass is 10.1. The van der Waals surface area contributed by atoms with E-state index in [1.165, 1.54) is 24.2 Å². The molecule has 0 amide bonds. The summed E-state index contributed by atoms with van der Waals surface area (Å²) in [5.41, 5.74) is 1.36. The Bertz CT molecular complexity index is 339. The maximum atomic E-state index is 5.87. The highest BCUT2D eigenvalue weighted by atomic mass is 35.5. The zero-order valence-corrected chi connectivity index (χ0v) is 11.9. The second kappa shape index (κ2) is 6.67. The van der Waals surface area contributed by atoms with Crippen molar-refractivity contribution in [3.05, 3.63) is 34.9 Å². The molecule has 1 nitrogen and oxygen atoms in total. The van der Waals surface area contributed by atoms with Crippen LogP contribution in [-0.4, -0.2) is 23.6 Å². The summed E-state index contributed by atoms with van der Waals surface area (Å²) in [6, 6.07) is 8.86. The standard InChI is InChI=1S/C14H20ClNS/c1-11-14(3-2-10-17-11)16-9-8-12-4-6-13(15)7-5-12/h4-7,11,14,16H,2-3,8-10H2,1H3. The number of rotatable bonds is 4. The second-order valence-electron chi connectivity index (χ2n) is 4.66. The van der Waals surface area contributed by atoms with Gasteiger partial charge in [0.1, 0.15) is 0 Å². The maximum absolute atomic E-state index is 5.87. The molecule has 0 saturated carbocycles. The Morgan fingerprint density at radius 1 is 1.35 bits per heavy atom. The lowest BCUT2D eigenvalue weighted by Gasteiger charge is -2.29. The fourth-order valence-electron chi connectivity index (χ4n) is 2.24. The van der Waals surface area contributed by atoms with E-state index in [1.54, 1.807) is 0 Å². The Morgan fingerprint density at radius 3 is 2.82 bits per heavy atom. The van der Waals surface area contributed by atoms with Crippen LogP contribution in [0.1, 0.15) is 25.3 Å². The molecule has 17 heavy (non-hydrogen) atoms. The van der Waals surface area contributed by atoms with Gasteiger partial charge in [0.25, 0.3) is 0 Å². The Balaban J connectivity index is 1.73. The van der Waals surface area contributed by atoms with Crippen molar-refractivity contribution in [1.82, 2.24) is 5.32 Å². The molecule has 1 heterocycles. The topological polar surface area (TPSA) is 12.0 Å². The molecular formula is C14H20ClNS. The van der Waals surface area contributed by atoms with Crippen molar-refractivity contribution >= 4 is 23.4 Å². The highest BCUT2D eigenvalue weighted by molar-refractivity contribution is 7.99. The van der Waals surface area contributed by atoms with Gasteiger partial charge in [-0.05, 0) is 49.3 Å². The van der Waals surface area contributed by atoms with Crippen molar-refractivity contribution in [2.24, 2.45) is 0 Å². The van der Waals surface area contributed by atoms with Crippen LogP contribution in [0.3, 0.4) is 0 Å². The largest absolute Gasteiger partial charge is 0.313 e. The summed E-state index contributed by atoms with van der Waals surface area (Å²) in [4.78, 5) is 0. The normalized spacial score (nSPS) is 24.8. The van der Waals surface area contributed by atoms with Crippen LogP contribution < -0.4 is 5.32 Å². The summed E-state index contributed by atoms with van der Waals surface area (Å²) in [6.07, 6.45) is 3.77. The summed E-state index contributed by atoms with van der Waals surface area (Å²) in [7, 11) is 0. The minimum atomic E-state index is 0.695. The average Bonchev–Trinajstić information content (AvgIpc) is 2.34. The SMILES string of the molecule is CC1SCCCC1NCCc1ccc(Cl)cc1. The number of hydrogen-bond acceptors (Lipinski definition) is 2. The molecule has 0 aliphatic carbocycles. The van der Waals surface area contributed by atoms with E-state index in [9.17, 15) is 0 Å². The van der Waals surface area contributed by atoms with Crippen molar-refractivity contribution < 1.29 is 0 Å². The summed E-state index contributed by atoms with van der Waals surface area (Å²) in [6.45, 7) is 3.40. The highest BCUT2D eigenvalue weighted by Crippen LogP contribution is 2.24. The first kappa shape index (κ1) is 13.3. The van der Waals surface area contributed by atoms with Crippen LogP contribution in [0, 0.1) is 0 Å². The number of thioether (sulfide) groups is 1. The zero-order chi connectivity index (χ0) is 12.1. The maximum Gasteiger partial charge on any atom is 0.0406 e. The first-order valence-electron chi connectivity index (χ1n) is 6.35. The molecule has 2 rings (SSSR count). The van der Waals surface area contributed by atoms with Gasteiger partial charge in [-0.25, -0.2) is 0 Å². The molecule has 1 aromatic rings. The second-order valence-corrected chi connectivity index (χ2v) is 6.58. The molecule has 0 spiro atoms. The van der Waals surface area contributed by atoms with Crippen LogP contribution >= 0.6 is 23.4 Å². The van der Waals surface area contributed by atoms with E-state index in [1.807, 2.05) is 12.1 Å². The van der Waals surface area contributed by atoms with E-state index in [4.69, 9.17) is 11.6 Å². The molecule has 0 radical (unpaired) electrons. The van der Waals surface area contributed by atoms with Gasteiger partial charge in [-0.15, -0.1) is 0 Å². The molecule has 1 aromatic carbocycles. The summed E-state index contributed by atoms with van der Waals surface area (Å²) < 4.78 is 0. The Hall–Kier alpha value is -0.180. The third-order valence-corrected chi connectivity index (χ3v) is 4.97. The van der Waals surface area contributed by atoms with Gasteiger partial charge < -0.3 is 5.32 Å². The Labute approximate surface area is 113 Å². The van der Waals surface area contributed by atoms with Crippen LogP contribution in [-0.2, 0) is 6.42 Å². The first-order chi connectivity index (χ1) is 8.25. The molecule has 1 aliphatic rings. The highest BCUT2D eigenvalue weighted by Gasteiger charge is 2.20. The summed E-state index contributed by atoms with van der Waals surface area (Å²) in [5.74, 6) is 1.33. The van der Waals surface area contributed by atoms with Crippen LogP contribution in [0.5, 0.6) is 0 Å². The molecule has 1 N–H and O–H groups in total. The molecule has 1 aliphatic heterocycles. The average molecular weight is 270 g/mol. The molecular weight excluding hydrogens is 250 g/mol. The lowest BCUT2D eigenvalue weighted by molar-refractivity contribution is 0.466. The quantitative estimate of drug-likeness (QED) is 0.893. The van der Waals surface area contributed by atoms with Gasteiger partial charge in [0.15, 0.2) is 0 Å². The van der Waals surface area contributed by atoms with Gasteiger partial charge in [0.05, 0.1) is 0 Å². The van der Waals surface area contributed by atoms with Crippen LogP contribution in [0.2, 0.25) is 5.02 Å². The number of halogens is 1. The number of benzene rings is 1. The summed E-state index contributed by atoms with van der Waals surface area (Å²) >= 11 is 7.96. The van der Waals surface area contributed by atoms with E-state index in [0.29, 0.717) is 6.04 Å². The van der Waals surface area contributed by atoms with E-state index in [0.717, 1.165) is 23.2 Å². The Kier molecular flexibility index (Phi) is 5.20. The van der Waals surface area contributed by atoms with Crippen LogP contribution in [0.25, 0.3) is 0 Å². The van der Waals surface area contributed by atoms with Gasteiger partial charge in [-0.1, -0.05) is 30.7 Å². The Morgan fingerprint density at radius 2 is 2.12 bits per heavy atom. The minimum Gasteiger partial charge on any atom is -0.313 e. The van der Waals surface area contributed by atoms with Gasteiger partial charge >= 0.3 is 0 Å². The van der Waals surface area contributed by atoms with E-state index >= 15 is 0 Å². The van der Waals surface area contributed by atoms with Gasteiger partial charge in [0.2, 0.25) is 0 Å². The fourth-order valence-corrected chi connectivity index (χ4v) is 3.54. The van der Waals surface area contributed by atoms with Crippen LogP contribution in [0.15, 0.2) is 24.3 Å². The van der Waals surface area contributed by atoms with E-state index in [2.05, 4.69) is 36.1 Å². The molecule has 0 aromatic heterocycles. The van der Waals surface area contributed by atoms with Gasteiger partial charge in [-0.3, -0.25) is 0 Å². The predicted octanol–water partition coefficient (Wildman–Crippen LogP) is 3.76. The minimum absolute atomic E-state index is 0.695. The number of hydrogen-bond donors (Lipinski definition) is 1. The van der Waals surface area contributed by atoms with E-state index < -0.39 is 0 Å². The van der Waals surface area contributed by atoms with Gasteiger partial charge in [-0.2, -0.15) is 11.8 Å². The zero-order valence-electron chi connectivity index (χ0n) is 10.3. The van der Waals surface area contributed by atoms with Gasteiger partial charge in [0, 0.05) is 16.3 Å². The summed E-state index contributed by atoms with van der Waals surface area (Å²) in [5, 5.41) is 5.26. The molecule has 2 unspecified atom stereocenters. The van der Waals surface area contributed by atoms with Crippen molar-refractivity contribution in [3.63, 3.8) is 0 Å². The monoisotopic (exact) mass is 269 g/mol. The van der Waals surface area contributed by atoms with Crippen molar-refractivity contribution in [3.8, 4) is 0 Å². The van der Waals surface area contributed by atoms with Crippen molar-refractivity contribution in [2.45, 2.75) is 37.5 Å². The van der Waals surface area contributed by atoms with Crippen molar-refractivity contribution in [2.75, 3.05) is 12.3 Å². The molecule has 1 fully saturated rings. The third-order valence-electron chi connectivity index (χ3n) is 3.34. The predicted molar refractivity (Wildman–Crippen MR) is 78.1 cm³/mol. The van der Waals surface area contributed by atoms with E-state index in [-0.39, 0.29) is 0 Å². The molecule has 0 bridgehead atoms. The third kappa shape index (κ3) is 4.20. The first-order valence-corrected chi connectivity index (χ1v) is 7.78. The number of nitrogens with one attached hydrogen (secondary N) is 1. The lowest BCUT2D eigenvalue weighted by Crippen LogP contribution is -2.40.